The Hall–Kier alpha value is -2.09. The zero-order valence-electron chi connectivity index (χ0n) is 19.8. The zero-order chi connectivity index (χ0) is 23.1. The van der Waals surface area contributed by atoms with Crippen molar-refractivity contribution in [3.63, 3.8) is 0 Å². The Morgan fingerprint density at radius 3 is 2.47 bits per heavy atom. The zero-order valence-corrected chi connectivity index (χ0v) is 19.8. The molecular formula is C25H35BN2O4. The van der Waals surface area contributed by atoms with Gasteiger partial charge in [-0.25, -0.2) is 0 Å². The second kappa shape index (κ2) is 8.69. The number of amides is 1. The quantitative estimate of drug-likeness (QED) is 0.735. The van der Waals surface area contributed by atoms with E-state index in [1.54, 1.807) is 4.90 Å². The minimum atomic E-state index is -0.595. The van der Waals surface area contributed by atoms with Gasteiger partial charge in [0.2, 0.25) is 0 Å². The molecule has 3 aliphatic heterocycles. The number of carbonyl (C=O) groups excluding carboxylic acids is 1. The summed E-state index contributed by atoms with van der Waals surface area (Å²) in [5, 5.41) is 10.3. The fourth-order valence-corrected chi connectivity index (χ4v) is 4.64. The summed E-state index contributed by atoms with van der Waals surface area (Å²) >= 11 is 0. The van der Waals surface area contributed by atoms with Crippen molar-refractivity contribution in [3.05, 3.63) is 47.7 Å². The molecule has 1 aromatic rings. The van der Waals surface area contributed by atoms with E-state index in [1.807, 2.05) is 52.0 Å². The average molecular weight is 438 g/mol. The monoisotopic (exact) mass is 438 g/mol. The van der Waals surface area contributed by atoms with Crippen molar-refractivity contribution in [2.45, 2.75) is 71.2 Å². The molecule has 32 heavy (non-hydrogen) atoms. The van der Waals surface area contributed by atoms with Crippen LogP contribution in [-0.2, 0) is 20.7 Å². The third-order valence-electron chi connectivity index (χ3n) is 7.31. The summed E-state index contributed by atoms with van der Waals surface area (Å²) in [6.07, 6.45) is 6.22. The molecule has 0 saturated carbocycles. The number of anilines is 1. The molecule has 2 saturated heterocycles. The first-order chi connectivity index (χ1) is 15.1. The van der Waals surface area contributed by atoms with Gasteiger partial charge in [0, 0.05) is 30.9 Å². The van der Waals surface area contributed by atoms with Crippen LogP contribution in [0.5, 0.6) is 0 Å². The standard InChI is InChI=1S/C25H35BN2O4/c1-18-10-7-6-8-13-27-14-15-28(23(30)22(27)16-18)21-12-9-11-20(19(21)17-29)26-31-24(2,3)25(4,5)32-26/h9,11-12,16,29H,1,6-8,10,13-15,17H2,2-5H3/b22-16-. The van der Waals surface area contributed by atoms with Crippen LogP contribution in [0.2, 0.25) is 0 Å². The number of nitrogens with zero attached hydrogens (tertiary/aromatic N) is 2. The molecule has 7 heteroatoms. The van der Waals surface area contributed by atoms with Crippen molar-refractivity contribution < 1.29 is 19.2 Å². The molecule has 0 aromatic heterocycles. The molecule has 0 unspecified atom stereocenters. The lowest BCUT2D eigenvalue weighted by Gasteiger charge is -2.38. The van der Waals surface area contributed by atoms with E-state index in [9.17, 15) is 9.90 Å². The minimum Gasteiger partial charge on any atom is -0.399 e. The number of piperazine rings is 1. The van der Waals surface area contributed by atoms with Crippen LogP contribution in [0.1, 0.15) is 58.9 Å². The highest BCUT2D eigenvalue weighted by atomic mass is 16.7. The molecule has 0 atom stereocenters. The van der Waals surface area contributed by atoms with Gasteiger partial charge in [0.15, 0.2) is 0 Å². The van der Waals surface area contributed by atoms with Gasteiger partial charge >= 0.3 is 7.12 Å². The summed E-state index contributed by atoms with van der Waals surface area (Å²) in [5.74, 6) is -0.0416. The van der Waals surface area contributed by atoms with Crippen LogP contribution in [0.25, 0.3) is 0 Å². The predicted molar refractivity (Wildman–Crippen MR) is 128 cm³/mol. The number of hydrogen-bond acceptors (Lipinski definition) is 5. The summed E-state index contributed by atoms with van der Waals surface area (Å²) in [6, 6.07) is 5.72. The van der Waals surface area contributed by atoms with E-state index in [2.05, 4.69) is 11.5 Å². The summed E-state index contributed by atoms with van der Waals surface area (Å²) < 4.78 is 12.5. The normalized spacial score (nSPS) is 25.0. The lowest BCUT2D eigenvalue weighted by molar-refractivity contribution is -0.117. The molecule has 3 heterocycles. The molecule has 3 aliphatic rings. The van der Waals surface area contributed by atoms with Crippen LogP contribution < -0.4 is 10.4 Å². The van der Waals surface area contributed by atoms with E-state index in [0.717, 1.165) is 55.5 Å². The van der Waals surface area contributed by atoms with E-state index >= 15 is 0 Å². The fourth-order valence-electron chi connectivity index (χ4n) is 4.64. The maximum atomic E-state index is 13.6. The number of carbonyl (C=O) groups is 1. The molecule has 0 aliphatic carbocycles. The molecule has 172 valence electrons. The third kappa shape index (κ3) is 4.14. The van der Waals surface area contributed by atoms with Gasteiger partial charge in [0.05, 0.1) is 17.8 Å². The lowest BCUT2D eigenvalue weighted by atomic mass is 9.75. The number of hydrogen-bond donors (Lipinski definition) is 1. The van der Waals surface area contributed by atoms with Crippen molar-refractivity contribution in [2.75, 3.05) is 24.5 Å². The van der Waals surface area contributed by atoms with E-state index in [-0.39, 0.29) is 12.5 Å². The predicted octanol–water partition coefficient (Wildman–Crippen LogP) is 3.14. The second-order valence-corrected chi connectivity index (χ2v) is 10.0. The number of aliphatic hydroxyl groups is 1. The topological polar surface area (TPSA) is 62.2 Å². The Morgan fingerprint density at radius 1 is 1.06 bits per heavy atom. The van der Waals surface area contributed by atoms with Crippen LogP contribution in [-0.4, -0.2) is 53.9 Å². The molecule has 1 aromatic carbocycles. The molecule has 1 N–H and O–H groups in total. The van der Waals surface area contributed by atoms with E-state index in [0.29, 0.717) is 17.8 Å². The molecule has 2 fully saturated rings. The summed E-state index contributed by atoms with van der Waals surface area (Å²) in [5.41, 5.74) is 2.90. The highest BCUT2D eigenvalue weighted by molar-refractivity contribution is 6.62. The number of allylic oxidation sites excluding steroid dienone is 2. The molecule has 0 spiro atoms. The number of benzene rings is 1. The minimum absolute atomic E-state index is 0.0416. The number of rotatable bonds is 3. The summed E-state index contributed by atoms with van der Waals surface area (Å²) in [7, 11) is -0.595. The smallest absolute Gasteiger partial charge is 0.399 e. The maximum absolute atomic E-state index is 13.6. The largest absolute Gasteiger partial charge is 0.495 e. The Kier molecular flexibility index (Phi) is 6.27. The van der Waals surface area contributed by atoms with Gasteiger partial charge in [-0.3, -0.25) is 4.79 Å². The third-order valence-corrected chi connectivity index (χ3v) is 7.31. The second-order valence-electron chi connectivity index (χ2n) is 10.0. The summed E-state index contributed by atoms with van der Waals surface area (Å²) in [6.45, 7) is 14.2. The Morgan fingerprint density at radius 2 is 1.78 bits per heavy atom. The van der Waals surface area contributed by atoms with Gasteiger partial charge in [-0.1, -0.05) is 30.7 Å². The number of fused-ring (bicyclic) bond motifs is 1. The molecule has 1 amide bonds. The maximum Gasteiger partial charge on any atom is 0.495 e. The van der Waals surface area contributed by atoms with Crippen LogP contribution in [0.15, 0.2) is 42.1 Å². The van der Waals surface area contributed by atoms with E-state index < -0.39 is 18.3 Å². The highest BCUT2D eigenvalue weighted by Gasteiger charge is 2.52. The molecule has 0 radical (unpaired) electrons. The fraction of sp³-hybridized carbons (Fsp3) is 0.560. The van der Waals surface area contributed by atoms with Gasteiger partial charge in [-0.2, -0.15) is 0 Å². The SMILES string of the molecule is C=C1/C=C2/C(=O)N(c3cccc(B4OC(C)(C)C(C)(C)O4)c3CO)CCN2CCCCC1. The van der Waals surface area contributed by atoms with Crippen molar-refractivity contribution in [2.24, 2.45) is 0 Å². The molecule has 4 rings (SSSR count). The number of aliphatic hydroxyl groups excluding tert-OH is 1. The first-order valence-corrected chi connectivity index (χ1v) is 11.7. The van der Waals surface area contributed by atoms with Crippen LogP contribution >= 0.6 is 0 Å². The first kappa shape index (κ1) is 23.1. The Balaban J connectivity index is 1.68. The van der Waals surface area contributed by atoms with Gasteiger partial charge in [-0.05, 0) is 64.6 Å². The Bertz CT molecular complexity index is 924. The molecule has 0 bridgehead atoms. The molecule has 6 nitrogen and oxygen atoms in total. The van der Waals surface area contributed by atoms with Crippen LogP contribution in [0, 0.1) is 0 Å². The van der Waals surface area contributed by atoms with Crippen LogP contribution in [0.3, 0.4) is 0 Å². The van der Waals surface area contributed by atoms with Gasteiger partial charge in [-0.15, -0.1) is 0 Å². The lowest BCUT2D eigenvalue weighted by Crippen LogP contribution is -2.50. The van der Waals surface area contributed by atoms with Crippen molar-refractivity contribution in [1.82, 2.24) is 4.90 Å². The van der Waals surface area contributed by atoms with Gasteiger partial charge in [0.1, 0.15) is 5.70 Å². The van der Waals surface area contributed by atoms with Crippen molar-refractivity contribution >= 4 is 24.2 Å². The highest BCUT2D eigenvalue weighted by Crippen LogP contribution is 2.37. The van der Waals surface area contributed by atoms with Gasteiger partial charge < -0.3 is 24.2 Å². The summed E-state index contributed by atoms with van der Waals surface area (Å²) in [4.78, 5) is 17.6. The van der Waals surface area contributed by atoms with E-state index in [1.165, 1.54) is 0 Å². The van der Waals surface area contributed by atoms with Crippen molar-refractivity contribution in [3.8, 4) is 0 Å². The van der Waals surface area contributed by atoms with Gasteiger partial charge in [0.25, 0.3) is 5.91 Å². The average Bonchev–Trinajstić information content (AvgIpc) is 3.01. The van der Waals surface area contributed by atoms with E-state index in [4.69, 9.17) is 9.31 Å². The Labute approximate surface area is 192 Å². The molecular weight excluding hydrogens is 403 g/mol. The van der Waals surface area contributed by atoms with Crippen molar-refractivity contribution in [1.29, 1.82) is 0 Å². The first-order valence-electron chi connectivity index (χ1n) is 11.7. The van der Waals surface area contributed by atoms with Crippen LogP contribution in [0.4, 0.5) is 5.69 Å².